The average Bonchev–Trinajstić information content (AvgIpc) is 3.00. The topological polar surface area (TPSA) is 57.0 Å². The zero-order valence-electron chi connectivity index (χ0n) is 10.1. The number of hydrogen-bond donors (Lipinski definition) is 1. The van der Waals surface area contributed by atoms with Gasteiger partial charge in [-0.2, -0.15) is 5.10 Å². The molecule has 19 heavy (non-hydrogen) atoms. The monoisotopic (exact) mass is 257 g/mol. The van der Waals surface area contributed by atoms with E-state index < -0.39 is 0 Å². The van der Waals surface area contributed by atoms with Gasteiger partial charge in [-0.05, 0) is 29.8 Å². The highest BCUT2D eigenvalue weighted by atomic mass is 19.1. The summed E-state index contributed by atoms with van der Waals surface area (Å²) in [5.74, 6) is 0.898. The second kappa shape index (κ2) is 4.61. The van der Waals surface area contributed by atoms with E-state index in [9.17, 15) is 4.39 Å². The SMILES string of the molecule is Nc1cc(-c2ccco2)nn1Cc1cccc(F)c1. The molecule has 2 heterocycles. The van der Waals surface area contributed by atoms with Crippen molar-refractivity contribution in [2.24, 2.45) is 0 Å². The fourth-order valence-electron chi connectivity index (χ4n) is 1.91. The number of halogens is 1. The lowest BCUT2D eigenvalue weighted by Crippen LogP contribution is -2.05. The molecule has 0 radical (unpaired) electrons. The van der Waals surface area contributed by atoms with Gasteiger partial charge < -0.3 is 10.2 Å². The van der Waals surface area contributed by atoms with Crippen LogP contribution in [-0.2, 0) is 6.54 Å². The van der Waals surface area contributed by atoms with Crippen LogP contribution in [0, 0.1) is 5.82 Å². The van der Waals surface area contributed by atoms with Crippen molar-refractivity contribution in [2.45, 2.75) is 6.54 Å². The first kappa shape index (κ1) is 11.5. The van der Waals surface area contributed by atoms with Gasteiger partial charge in [0.1, 0.15) is 17.3 Å². The predicted octanol–water partition coefficient (Wildman–Crippen LogP) is 2.91. The molecule has 0 atom stereocenters. The molecule has 0 aliphatic carbocycles. The Bertz CT molecular complexity index is 689. The van der Waals surface area contributed by atoms with Crippen molar-refractivity contribution in [2.75, 3.05) is 5.73 Å². The smallest absolute Gasteiger partial charge is 0.154 e. The number of hydrogen-bond acceptors (Lipinski definition) is 3. The number of anilines is 1. The first-order valence-electron chi connectivity index (χ1n) is 5.84. The van der Waals surface area contributed by atoms with Crippen LogP contribution in [0.2, 0.25) is 0 Å². The van der Waals surface area contributed by atoms with E-state index in [4.69, 9.17) is 10.2 Å². The molecule has 4 nitrogen and oxygen atoms in total. The van der Waals surface area contributed by atoms with Gasteiger partial charge in [0.25, 0.3) is 0 Å². The summed E-state index contributed by atoms with van der Waals surface area (Å²) in [6.07, 6.45) is 1.58. The molecule has 0 aliphatic heterocycles. The molecule has 0 unspecified atom stereocenters. The van der Waals surface area contributed by atoms with E-state index in [1.165, 1.54) is 12.1 Å². The Kier molecular flexibility index (Phi) is 2.79. The quantitative estimate of drug-likeness (QED) is 0.784. The zero-order valence-corrected chi connectivity index (χ0v) is 10.1. The summed E-state index contributed by atoms with van der Waals surface area (Å²) >= 11 is 0. The van der Waals surface area contributed by atoms with Crippen LogP contribution in [0.4, 0.5) is 10.2 Å². The van der Waals surface area contributed by atoms with Crippen LogP contribution in [0.1, 0.15) is 5.56 Å². The minimum Gasteiger partial charge on any atom is -0.463 e. The molecule has 2 aromatic heterocycles. The molecule has 2 N–H and O–H groups in total. The fraction of sp³-hybridized carbons (Fsp3) is 0.0714. The minimum absolute atomic E-state index is 0.269. The van der Waals surface area contributed by atoms with E-state index in [1.807, 2.05) is 12.1 Å². The Morgan fingerprint density at radius 2 is 2.11 bits per heavy atom. The van der Waals surface area contributed by atoms with Crippen LogP contribution in [-0.4, -0.2) is 9.78 Å². The van der Waals surface area contributed by atoms with Crippen molar-refractivity contribution < 1.29 is 8.81 Å². The molecule has 0 aliphatic rings. The molecule has 0 saturated carbocycles. The lowest BCUT2D eigenvalue weighted by atomic mass is 10.2. The third-order valence-corrected chi connectivity index (χ3v) is 2.81. The van der Waals surface area contributed by atoms with E-state index >= 15 is 0 Å². The number of nitrogens with zero attached hydrogens (tertiary/aromatic N) is 2. The van der Waals surface area contributed by atoms with Crippen LogP contribution in [0.3, 0.4) is 0 Å². The highest BCUT2D eigenvalue weighted by Gasteiger charge is 2.09. The Labute approximate surface area is 109 Å². The third kappa shape index (κ3) is 2.35. The number of nitrogens with two attached hydrogens (primary N) is 1. The summed E-state index contributed by atoms with van der Waals surface area (Å²) in [4.78, 5) is 0. The normalized spacial score (nSPS) is 10.8. The summed E-state index contributed by atoms with van der Waals surface area (Å²) in [6.45, 7) is 0.421. The highest BCUT2D eigenvalue weighted by molar-refractivity contribution is 5.56. The van der Waals surface area contributed by atoms with E-state index in [0.717, 1.165) is 5.56 Å². The highest BCUT2D eigenvalue weighted by Crippen LogP contribution is 2.21. The Morgan fingerprint density at radius 1 is 1.21 bits per heavy atom. The second-order valence-corrected chi connectivity index (χ2v) is 4.22. The summed E-state index contributed by atoms with van der Waals surface area (Å²) in [6, 6.07) is 11.7. The number of benzene rings is 1. The van der Waals surface area contributed by atoms with Crippen molar-refractivity contribution in [1.82, 2.24) is 9.78 Å². The lowest BCUT2D eigenvalue weighted by molar-refractivity contribution is 0.576. The largest absolute Gasteiger partial charge is 0.463 e. The van der Waals surface area contributed by atoms with Crippen LogP contribution >= 0.6 is 0 Å². The van der Waals surface area contributed by atoms with Gasteiger partial charge in [0.15, 0.2) is 5.76 Å². The molecular formula is C14H12FN3O. The van der Waals surface area contributed by atoms with Crippen LogP contribution in [0.15, 0.2) is 53.1 Å². The minimum atomic E-state index is -0.269. The van der Waals surface area contributed by atoms with Gasteiger partial charge in [0, 0.05) is 6.07 Å². The van der Waals surface area contributed by atoms with Gasteiger partial charge in [-0.15, -0.1) is 0 Å². The molecule has 0 saturated heterocycles. The van der Waals surface area contributed by atoms with Crippen molar-refractivity contribution in [3.63, 3.8) is 0 Å². The van der Waals surface area contributed by atoms with E-state index in [1.54, 1.807) is 29.1 Å². The maximum Gasteiger partial charge on any atom is 0.154 e. The maximum absolute atomic E-state index is 13.1. The Morgan fingerprint density at radius 3 is 2.84 bits per heavy atom. The van der Waals surface area contributed by atoms with Gasteiger partial charge in [0.05, 0.1) is 12.8 Å². The van der Waals surface area contributed by atoms with Crippen molar-refractivity contribution in [3.8, 4) is 11.5 Å². The molecule has 0 spiro atoms. The molecule has 3 aromatic rings. The van der Waals surface area contributed by atoms with Crippen molar-refractivity contribution >= 4 is 5.82 Å². The van der Waals surface area contributed by atoms with Gasteiger partial charge in [-0.3, -0.25) is 0 Å². The molecule has 5 heteroatoms. The maximum atomic E-state index is 13.1. The second-order valence-electron chi connectivity index (χ2n) is 4.22. The summed E-state index contributed by atoms with van der Waals surface area (Å²) in [5, 5.41) is 4.35. The average molecular weight is 257 g/mol. The van der Waals surface area contributed by atoms with Gasteiger partial charge in [-0.1, -0.05) is 12.1 Å². The van der Waals surface area contributed by atoms with Gasteiger partial charge in [0.2, 0.25) is 0 Å². The molecule has 0 bridgehead atoms. The molecule has 1 aromatic carbocycles. The Balaban J connectivity index is 1.90. The van der Waals surface area contributed by atoms with Crippen LogP contribution < -0.4 is 5.73 Å². The van der Waals surface area contributed by atoms with Crippen LogP contribution in [0.5, 0.6) is 0 Å². The molecule has 96 valence electrons. The third-order valence-electron chi connectivity index (χ3n) is 2.81. The standard InChI is InChI=1S/C14H12FN3O/c15-11-4-1-3-10(7-11)9-18-14(16)8-12(17-18)13-5-2-6-19-13/h1-8H,9,16H2. The van der Waals surface area contributed by atoms with E-state index in [0.29, 0.717) is 23.8 Å². The summed E-state index contributed by atoms with van der Waals surface area (Å²) in [5.41, 5.74) is 7.37. The molecule has 3 rings (SSSR count). The van der Waals surface area contributed by atoms with Crippen LogP contribution in [0.25, 0.3) is 11.5 Å². The predicted molar refractivity (Wildman–Crippen MR) is 69.8 cm³/mol. The lowest BCUT2D eigenvalue weighted by Gasteiger charge is -2.04. The molecule has 0 amide bonds. The fourth-order valence-corrected chi connectivity index (χ4v) is 1.91. The number of rotatable bonds is 3. The number of furan rings is 1. The van der Waals surface area contributed by atoms with E-state index in [-0.39, 0.29) is 5.82 Å². The first-order valence-corrected chi connectivity index (χ1v) is 5.84. The number of nitrogen functional groups attached to an aromatic ring is 1. The number of aromatic nitrogens is 2. The molecule has 0 fully saturated rings. The van der Waals surface area contributed by atoms with Crippen molar-refractivity contribution in [3.05, 3.63) is 60.1 Å². The summed E-state index contributed by atoms with van der Waals surface area (Å²) < 4.78 is 20.0. The Hall–Kier alpha value is -2.56. The molecular weight excluding hydrogens is 245 g/mol. The van der Waals surface area contributed by atoms with Gasteiger partial charge in [-0.25, -0.2) is 9.07 Å². The van der Waals surface area contributed by atoms with Gasteiger partial charge >= 0.3 is 0 Å². The van der Waals surface area contributed by atoms with E-state index in [2.05, 4.69) is 5.10 Å². The summed E-state index contributed by atoms with van der Waals surface area (Å²) in [7, 11) is 0. The first-order chi connectivity index (χ1) is 9.22. The zero-order chi connectivity index (χ0) is 13.2. The van der Waals surface area contributed by atoms with Crippen molar-refractivity contribution in [1.29, 1.82) is 0 Å².